The number of nitrogens with one attached hydrogen (secondary N) is 1. The van der Waals surface area contributed by atoms with Gasteiger partial charge in [-0.15, -0.1) is 0 Å². The number of nitrogens with zero attached hydrogens (tertiary/aromatic N) is 1. The van der Waals surface area contributed by atoms with Crippen LogP contribution in [0.1, 0.15) is 63.4 Å². The molecule has 0 radical (unpaired) electrons. The Bertz CT molecular complexity index is 663. The lowest BCUT2D eigenvalue weighted by atomic mass is 9.96. The number of hydrogen-bond donors (Lipinski definition) is 1. The van der Waals surface area contributed by atoms with E-state index in [1.807, 2.05) is 31.2 Å². The maximum absolute atomic E-state index is 12.2. The first-order chi connectivity index (χ1) is 12.4. The van der Waals surface area contributed by atoms with Gasteiger partial charge in [0.25, 0.3) is 0 Å². The van der Waals surface area contributed by atoms with Gasteiger partial charge in [0.05, 0.1) is 11.9 Å². The first-order valence-electron chi connectivity index (χ1n) is 9.70. The molecule has 0 spiro atoms. The molecule has 0 saturated heterocycles. The zero-order valence-electron chi connectivity index (χ0n) is 16.0. The maximum Gasteiger partial charge on any atom is 0.232 e. The van der Waals surface area contributed by atoms with E-state index in [-0.39, 0.29) is 11.9 Å². The van der Waals surface area contributed by atoms with Gasteiger partial charge < -0.3 is 5.32 Å². The van der Waals surface area contributed by atoms with Gasteiger partial charge in [-0.2, -0.15) is 0 Å². The van der Waals surface area contributed by atoms with Crippen molar-refractivity contribution in [3.8, 4) is 0 Å². The predicted octanol–water partition coefficient (Wildman–Crippen LogP) is 3.77. The Kier molecular flexibility index (Phi) is 7.94. The molecule has 1 saturated carbocycles. The molecule has 1 aliphatic rings. The minimum atomic E-state index is -3.36. The van der Waals surface area contributed by atoms with Gasteiger partial charge in [0, 0.05) is 19.0 Å². The van der Waals surface area contributed by atoms with Gasteiger partial charge in [0.1, 0.15) is 0 Å². The quantitative estimate of drug-likeness (QED) is 0.783. The van der Waals surface area contributed by atoms with Crippen molar-refractivity contribution in [1.29, 1.82) is 0 Å². The zero-order chi connectivity index (χ0) is 19.0. The average Bonchev–Trinajstić information content (AvgIpc) is 2.54. The van der Waals surface area contributed by atoms with Crippen molar-refractivity contribution in [3.63, 3.8) is 0 Å². The molecule has 26 heavy (non-hydrogen) atoms. The summed E-state index contributed by atoms with van der Waals surface area (Å²) < 4.78 is 25.6. The first kappa shape index (κ1) is 20.7. The molecule has 1 aliphatic carbocycles. The van der Waals surface area contributed by atoms with Crippen LogP contribution in [0, 0.1) is 6.92 Å². The fourth-order valence-corrected chi connectivity index (χ4v) is 4.45. The summed E-state index contributed by atoms with van der Waals surface area (Å²) in [4.78, 5) is 12.2. The van der Waals surface area contributed by atoms with Gasteiger partial charge in [0.2, 0.25) is 15.9 Å². The molecule has 6 heteroatoms. The first-order valence-corrected chi connectivity index (χ1v) is 11.5. The van der Waals surface area contributed by atoms with Crippen LogP contribution in [0.15, 0.2) is 24.3 Å². The van der Waals surface area contributed by atoms with Crippen LogP contribution < -0.4 is 9.62 Å². The van der Waals surface area contributed by atoms with Crippen LogP contribution in [-0.2, 0) is 14.8 Å². The van der Waals surface area contributed by atoms with E-state index in [9.17, 15) is 13.2 Å². The van der Waals surface area contributed by atoms with E-state index >= 15 is 0 Å². The SMILES string of the molecule is Cc1ccc(N(CCCC(=O)NC2CCCCCCC2)S(C)(=O)=O)cc1. The van der Waals surface area contributed by atoms with Crippen molar-refractivity contribution in [1.82, 2.24) is 5.32 Å². The Hall–Kier alpha value is -1.56. The number of anilines is 1. The second-order valence-corrected chi connectivity index (χ2v) is 9.29. The van der Waals surface area contributed by atoms with E-state index < -0.39 is 10.0 Å². The summed E-state index contributed by atoms with van der Waals surface area (Å²) in [6, 6.07) is 7.70. The second-order valence-electron chi connectivity index (χ2n) is 7.38. The molecule has 5 nitrogen and oxygen atoms in total. The molecule has 2 rings (SSSR count). The van der Waals surface area contributed by atoms with Crippen LogP contribution in [0.2, 0.25) is 0 Å². The van der Waals surface area contributed by atoms with Crippen molar-refractivity contribution in [2.75, 3.05) is 17.1 Å². The fourth-order valence-electron chi connectivity index (χ4n) is 3.48. The van der Waals surface area contributed by atoms with Crippen LogP contribution in [0.5, 0.6) is 0 Å². The Balaban J connectivity index is 1.84. The molecule has 146 valence electrons. The molecule has 1 N–H and O–H groups in total. The molecule has 1 fully saturated rings. The highest BCUT2D eigenvalue weighted by Crippen LogP contribution is 2.19. The van der Waals surface area contributed by atoms with Crippen molar-refractivity contribution < 1.29 is 13.2 Å². The van der Waals surface area contributed by atoms with Crippen LogP contribution in [0.4, 0.5) is 5.69 Å². The van der Waals surface area contributed by atoms with Crippen molar-refractivity contribution in [2.45, 2.75) is 70.8 Å². The monoisotopic (exact) mass is 380 g/mol. The average molecular weight is 381 g/mol. The van der Waals surface area contributed by atoms with Gasteiger partial charge in [-0.1, -0.05) is 49.8 Å². The summed E-state index contributed by atoms with van der Waals surface area (Å²) in [5.41, 5.74) is 1.74. The lowest BCUT2D eigenvalue weighted by Crippen LogP contribution is -2.36. The predicted molar refractivity (Wildman–Crippen MR) is 107 cm³/mol. The summed E-state index contributed by atoms with van der Waals surface area (Å²) in [7, 11) is -3.36. The molecule has 0 unspecified atom stereocenters. The van der Waals surface area contributed by atoms with Crippen molar-refractivity contribution >= 4 is 21.6 Å². The summed E-state index contributed by atoms with van der Waals surface area (Å²) >= 11 is 0. The maximum atomic E-state index is 12.2. The third-order valence-electron chi connectivity index (χ3n) is 4.96. The van der Waals surface area contributed by atoms with E-state index in [0.717, 1.165) is 18.4 Å². The van der Waals surface area contributed by atoms with E-state index in [1.54, 1.807) is 0 Å². The van der Waals surface area contributed by atoms with Crippen LogP contribution >= 0.6 is 0 Å². The summed E-state index contributed by atoms with van der Waals surface area (Å²) in [6.45, 7) is 2.29. The molecule has 0 aliphatic heterocycles. The number of rotatable bonds is 7. The molecule has 0 heterocycles. The highest BCUT2D eigenvalue weighted by atomic mass is 32.2. The summed E-state index contributed by atoms with van der Waals surface area (Å²) in [5, 5.41) is 3.14. The fraction of sp³-hybridized carbons (Fsp3) is 0.650. The third-order valence-corrected chi connectivity index (χ3v) is 6.15. The van der Waals surface area contributed by atoms with Gasteiger partial charge in [-0.05, 0) is 38.3 Å². The largest absolute Gasteiger partial charge is 0.353 e. The molecule has 1 aromatic carbocycles. The normalized spacial score (nSPS) is 16.5. The second kappa shape index (κ2) is 9.95. The highest BCUT2D eigenvalue weighted by molar-refractivity contribution is 7.92. The van der Waals surface area contributed by atoms with Crippen molar-refractivity contribution in [3.05, 3.63) is 29.8 Å². The number of amides is 1. The number of sulfonamides is 1. The molecular formula is C20H32N2O3S. The summed E-state index contributed by atoms with van der Waals surface area (Å²) in [5.74, 6) is 0.0351. The van der Waals surface area contributed by atoms with Crippen LogP contribution in [-0.4, -0.2) is 33.2 Å². The van der Waals surface area contributed by atoms with Crippen LogP contribution in [0.3, 0.4) is 0 Å². The summed E-state index contributed by atoms with van der Waals surface area (Å²) in [6.07, 6.45) is 10.4. The molecule has 0 aromatic heterocycles. The standard InChI is InChI=1S/C20H32N2O3S/c1-17-12-14-19(15-13-17)22(26(2,24)25)16-8-11-20(23)21-18-9-6-4-3-5-7-10-18/h12-15,18H,3-11,16H2,1-2H3,(H,21,23). The van der Waals surface area contributed by atoms with Gasteiger partial charge >= 0.3 is 0 Å². The number of carbonyl (C=O) groups excluding carboxylic acids is 1. The Morgan fingerprint density at radius 1 is 1.08 bits per heavy atom. The number of carbonyl (C=O) groups is 1. The Morgan fingerprint density at radius 2 is 1.65 bits per heavy atom. The minimum absolute atomic E-state index is 0.0351. The molecular weight excluding hydrogens is 348 g/mol. The smallest absolute Gasteiger partial charge is 0.232 e. The third kappa shape index (κ3) is 6.98. The molecule has 1 amide bonds. The lowest BCUT2D eigenvalue weighted by Gasteiger charge is -2.23. The van der Waals surface area contributed by atoms with Crippen LogP contribution in [0.25, 0.3) is 0 Å². The van der Waals surface area contributed by atoms with Crippen molar-refractivity contribution in [2.24, 2.45) is 0 Å². The molecule has 0 atom stereocenters. The number of benzene rings is 1. The van der Waals surface area contributed by atoms with E-state index in [0.29, 0.717) is 25.1 Å². The number of hydrogen-bond acceptors (Lipinski definition) is 3. The highest BCUT2D eigenvalue weighted by Gasteiger charge is 2.18. The van der Waals surface area contributed by atoms with Gasteiger partial charge in [-0.3, -0.25) is 9.10 Å². The Morgan fingerprint density at radius 3 is 2.23 bits per heavy atom. The minimum Gasteiger partial charge on any atom is -0.353 e. The van der Waals surface area contributed by atoms with E-state index in [1.165, 1.54) is 42.7 Å². The molecule has 1 aromatic rings. The van der Waals surface area contributed by atoms with E-state index in [2.05, 4.69) is 5.32 Å². The zero-order valence-corrected chi connectivity index (χ0v) is 16.9. The Labute approximate surface area is 158 Å². The van der Waals surface area contributed by atoms with Gasteiger partial charge in [0.15, 0.2) is 0 Å². The van der Waals surface area contributed by atoms with Gasteiger partial charge in [-0.25, -0.2) is 8.42 Å². The molecule has 0 bridgehead atoms. The lowest BCUT2D eigenvalue weighted by molar-refractivity contribution is -0.122. The number of aryl methyl sites for hydroxylation is 1. The topological polar surface area (TPSA) is 66.5 Å². The van der Waals surface area contributed by atoms with E-state index in [4.69, 9.17) is 0 Å².